The molecule has 0 saturated carbocycles. The number of nitrogens with one attached hydrogen (secondary N) is 4. The molecule has 2 amide bonds. The van der Waals surface area contributed by atoms with Gasteiger partial charge in [0.1, 0.15) is 5.02 Å². The van der Waals surface area contributed by atoms with Crippen LogP contribution in [0.15, 0.2) is 29.8 Å². The van der Waals surface area contributed by atoms with Gasteiger partial charge in [0.25, 0.3) is 0 Å². The van der Waals surface area contributed by atoms with Crippen LogP contribution in [0.3, 0.4) is 0 Å². The van der Waals surface area contributed by atoms with Crippen LogP contribution in [0.5, 0.6) is 5.06 Å². The SMILES string of the molecule is CNC(=O)Oc1scc(C)c1Nc1nc(Nc2ccc3c(c2)CC(=O)NCC3)ncc1Cl. The smallest absolute Gasteiger partial charge is 0.397 e. The highest BCUT2D eigenvalue weighted by molar-refractivity contribution is 7.12. The van der Waals surface area contributed by atoms with Crippen molar-refractivity contribution in [2.24, 2.45) is 0 Å². The quantitative estimate of drug-likeness (QED) is 0.444. The molecule has 3 heterocycles. The average Bonchev–Trinajstić information content (AvgIpc) is 2.99. The van der Waals surface area contributed by atoms with E-state index in [9.17, 15) is 9.59 Å². The summed E-state index contributed by atoms with van der Waals surface area (Å²) in [6.07, 6.45) is 2.05. The van der Waals surface area contributed by atoms with E-state index in [0.717, 1.165) is 28.8 Å². The van der Waals surface area contributed by atoms with E-state index < -0.39 is 6.09 Å². The van der Waals surface area contributed by atoms with Crippen molar-refractivity contribution in [2.75, 3.05) is 24.2 Å². The number of aromatic nitrogens is 2. The van der Waals surface area contributed by atoms with Crippen LogP contribution in [0, 0.1) is 6.92 Å². The number of hydrogen-bond acceptors (Lipinski definition) is 8. The number of hydrogen-bond donors (Lipinski definition) is 4. The Kier molecular flexibility index (Phi) is 6.42. The topological polar surface area (TPSA) is 117 Å². The van der Waals surface area contributed by atoms with Crippen LogP contribution in [0.4, 0.5) is 27.9 Å². The Morgan fingerprint density at radius 1 is 1.28 bits per heavy atom. The molecule has 166 valence electrons. The minimum absolute atomic E-state index is 0.0102. The highest BCUT2D eigenvalue weighted by atomic mass is 35.5. The normalized spacial score (nSPS) is 12.9. The second-order valence-electron chi connectivity index (χ2n) is 7.12. The van der Waals surface area contributed by atoms with Crippen molar-refractivity contribution in [3.8, 4) is 5.06 Å². The first-order valence-electron chi connectivity index (χ1n) is 9.85. The molecule has 3 aromatic rings. The van der Waals surface area contributed by atoms with E-state index in [-0.39, 0.29) is 5.91 Å². The highest BCUT2D eigenvalue weighted by Gasteiger charge is 2.17. The Labute approximate surface area is 193 Å². The van der Waals surface area contributed by atoms with E-state index in [1.807, 2.05) is 30.5 Å². The van der Waals surface area contributed by atoms with Crippen LogP contribution in [-0.4, -0.2) is 35.6 Å². The first kappa shape index (κ1) is 21.8. The van der Waals surface area contributed by atoms with Crippen LogP contribution >= 0.6 is 22.9 Å². The number of carbonyl (C=O) groups is 2. The Bertz CT molecular complexity index is 1180. The number of aryl methyl sites for hydroxylation is 1. The summed E-state index contributed by atoms with van der Waals surface area (Å²) in [6.45, 7) is 2.52. The first-order valence-corrected chi connectivity index (χ1v) is 11.1. The van der Waals surface area contributed by atoms with Crippen LogP contribution in [-0.2, 0) is 17.6 Å². The number of ether oxygens (including phenoxy) is 1. The summed E-state index contributed by atoms with van der Waals surface area (Å²) in [6, 6.07) is 5.87. The van der Waals surface area contributed by atoms with Gasteiger partial charge in [-0.3, -0.25) is 4.79 Å². The Morgan fingerprint density at radius 3 is 2.94 bits per heavy atom. The second-order valence-corrected chi connectivity index (χ2v) is 8.37. The molecular weight excluding hydrogens is 452 g/mol. The molecule has 0 radical (unpaired) electrons. The molecular formula is C21H21ClN6O3S. The maximum atomic E-state index is 11.9. The predicted octanol–water partition coefficient (Wildman–Crippen LogP) is 3.92. The Balaban J connectivity index is 1.56. The van der Waals surface area contributed by atoms with Crippen molar-refractivity contribution in [3.05, 3.63) is 51.5 Å². The lowest BCUT2D eigenvalue weighted by atomic mass is 10.0. The predicted molar refractivity (Wildman–Crippen MR) is 125 cm³/mol. The third-order valence-corrected chi connectivity index (χ3v) is 6.10. The lowest BCUT2D eigenvalue weighted by molar-refractivity contribution is -0.120. The van der Waals surface area contributed by atoms with Gasteiger partial charge in [-0.1, -0.05) is 17.7 Å². The number of benzene rings is 1. The third-order valence-electron chi connectivity index (χ3n) is 4.85. The molecule has 0 bridgehead atoms. The number of anilines is 4. The number of nitrogens with zero attached hydrogens (tertiary/aromatic N) is 2. The van der Waals surface area contributed by atoms with Gasteiger partial charge in [0.15, 0.2) is 5.82 Å². The van der Waals surface area contributed by atoms with Gasteiger partial charge in [-0.25, -0.2) is 9.78 Å². The van der Waals surface area contributed by atoms with Gasteiger partial charge in [0.2, 0.25) is 16.9 Å². The van der Waals surface area contributed by atoms with Gasteiger partial charge < -0.3 is 26.0 Å². The fourth-order valence-corrected chi connectivity index (χ4v) is 4.22. The zero-order valence-corrected chi connectivity index (χ0v) is 19.0. The first-order chi connectivity index (χ1) is 15.4. The molecule has 0 saturated heterocycles. The molecule has 1 aliphatic heterocycles. The number of halogens is 1. The summed E-state index contributed by atoms with van der Waals surface area (Å²) in [5.41, 5.74) is 4.36. The lowest BCUT2D eigenvalue weighted by Gasteiger charge is -2.13. The molecule has 2 aromatic heterocycles. The standard InChI is InChI=1S/C21H21ClN6O3S/c1-11-10-32-19(31-21(30)23-2)17(11)27-18-15(22)9-25-20(28-18)26-14-4-3-12-5-6-24-16(29)8-13(12)7-14/h3-4,7,9-10H,5-6,8H2,1-2H3,(H,23,30)(H,24,29)(H2,25,26,27,28). The van der Waals surface area contributed by atoms with Gasteiger partial charge in [-0.2, -0.15) is 4.98 Å². The van der Waals surface area contributed by atoms with Gasteiger partial charge >= 0.3 is 6.09 Å². The molecule has 0 spiro atoms. The zero-order chi connectivity index (χ0) is 22.7. The lowest BCUT2D eigenvalue weighted by Crippen LogP contribution is -2.24. The van der Waals surface area contributed by atoms with Crippen molar-refractivity contribution in [2.45, 2.75) is 19.8 Å². The Hall–Kier alpha value is -3.37. The summed E-state index contributed by atoms with van der Waals surface area (Å²) in [4.78, 5) is 32.2. The van der Waals surface area contributed by atoms with E-state index in [1.54, 1.807) is 0 Å². The van der Waals surface area contributed by atoms with E-state index in [2.05, 4.69) is 31.2 Å². The van der Waals surface area contributed by atoms with Crippen LogP contribution in [0.25, 0.3) is 0 Å². The van der Waals surface area contributed by atoms with Gasteiger partial charge in [-0.05, 0) is 47.5 Å². The maximum Gasteiger partial charge on any atom is 0.413 e. The summed E-state index contributed by atoms with van der Waals surface area (Å²) in [5, 5.41) is 14.2. The van der Waals surface area contributed by atoms with E-state index >= 15 is 0 Å². The zero-order valence-electron chi connectivity index (χ0n) is 17.4. The molecule has 32 heavy (non-hydrogen) atoms. The van der Waals surface area contributed by atoms with E-state index in [1.165, 1.54) is 24.6 Å². The molecule has 0 unspecified atom stereocenters. The fourth-order valence-electron chi connectivity index (χ4n) is 3.23. The molecule has 1 aromatic carbocycles. The minimum atomic E-state index is -0.567. The molecule has 1 aliphatic rings. The molecule has 4 rings (SSSR count). The largest absolute Gasteiger partial charge is 0.413 e. The Morgan fingerprint density at radius 2 is 2.12 bits per heavy atom. The average molecular weight is 473 g/mol. The maximum absolute atomic E-state index is 11.9. The van der Waals surface area contributed by atoms with Crippen molar-refractivity contribution >= 4 is 58.1 Å². The molecule has 0 atom stereocenters. The molecule has 0 aliphatic carbocycles. The number of amides is 2. The highest BCUT2D eigenvalue weighted by Crippen LogP contribution is 2.38. The van der Waals surface area contributed by atoms with Gasteiger partial charge in [-0.15, -0.1) is 11.3 Å². The van der Waals surface area contributed by atoms with Gasteiger partial charge in [0.05, 0.1) is 18.3 Å². The van der Waals surface area contributed by atoms with Gasteiger partial charge in [0, 0.05) is 19.3 Å². The fraction of sp³-hybridized carbons (Fsp3) is 0.238. The molecule has 0 fully saturated rings. The van der Waals surface area contributed by atoms with E-state index in [0.29, 0.717) is 40.5 Å². The number of rotatable bonds is 5. The summed E-state index contributed by atoms with van der Waals surface area (Å²) in [5.74, 6) is 0.703. The van der Waals surface area contributed by atoms with Crippen molar-refractivity contribution in [3.63, 3.8) is 0 Å². The van der Waals surface area contributed by atoms with Crippen LogP contribution < -0.4 is 26.0 Å². The summed E-state index contributed by atoms with van der Waals surface area (Å²) >= 11 is 7.59. The number of carbonyl (C=O) groups excluding carboxylic acids is 2. The van der Waals surface area contributed by atoms with E-state index in [4.69, 9.17) is 16.3 Å². The number of fused-ring (bicyclic) bond motifs is 1. The minimum Gasteiger partial charge on any atom is -0.397 e. The van der Waals surface area contributed by atoms with Crippen molar-refractivity contribution in [1.82, 2.24) is 20.6 Å². The second kappa shape index (κ2) is 9.41. The monoisotopic (exact) mass is 472 g/mol. The molecule has 9 nitrogen and oxygen atoms in total. The molecule has 11 heteroatoms. The number of thiophene rings is 1. The van der Waals surface area contributed by atoms with Crippen molar-refractivity contribution in [1.29, 1.82) is 0 Å². The molecule has 4 N–H and O–H groups in total. The summed E-state index contributed by atoms with van der Waals surface area (Å²) in [7, 11) is 1.49. The van der Waals surface area contributed by atoms with Crippen molar-refractivity contribution < 1.29 is 14.3 Å². The van der Waals surface area contributed by atoms with Crippen LogP contribution in [0.2, 0.25) is 5.02 Å². The van der Waals surface area contributed by atoms with Crippen LogP contribution in [0.1, 0.15) is 16.7 Å². The third kappa shape index (κ3) is 4.92. The summed E-state index contributed by atoms with van der Waals surface area (Å²) < 4.78 is 5.30.